The predicted octanol–water partition coefficient (Wildman–Crippen LogP) is 6.64. The standard InChI is InChI=1S/C29H32Cl2N2O2S/c1-21(2)17-32-29(35)27(16-22-8-4-3-5-9-22)33(18-24-10-6-7-11-26(24)31)28(34)20-36-19-23-12-14-25(30)15-13-23/h3-15,21,27H,16-20H2,1-2H3,(H,32,35)/t27-/m1/s1. The molecule has 3 rings (SSSR count). The highest BCUT2D eigenvalue weighted by atomic mass is 35.5. The molecule has 0 aliphatic carbocycles. The van der Waals surface area contributed by atoms with Crippen molar-refractivity contribution < 1.29 is 9.59 Å². The van der Waals surface area contributed by atoms with E-state index in [2.05, 4.69) is 5.32 Å². The van der Waals surface area contributed by atoms with Crippen LogP contribution in [0.25, 0.3) is 0 Å². The number of nitrogens with zero attached hydrogens (tertiary/aromatic N) is 1. The van der Waals surface area contributed by atoms with Crippen molar-refractivity contribution in [3.05, 3.63) is 106 Å². The summed E-state index contributed by atoms with van der Waals surface area (Å²) in [4.78, 5) is 28.8. The zero-order valence-corrected chi connectivity index (χ0v) is 23.0. The van der Waals surface area contributed by atoms with E-state index < -0.39 is 6.04 Å². The number of halogens is 2. The van der Waals surface area contributed by atoms with Crippen molar-refractivity contribution in [1.82, 2.24) is 10.2 Å². The van der Waals surface area contributed by atoms with Gasteiger partial charge >= 0.3 is 0 Å². The number of thioether (sulfide) groups is 1. The Hall–Kier alpha value is -2.47. The molecule has 0 saturated heterocycles. The largest absolute Gasteiger partial charge is 0.354 e. The number of benzene rings is 3. The Kier molecular flexibility index (Phi) is 11.2. The zero-order chi connectivity index (χ0) is 25.9. The minimum atomic E-state index is -0.661. The lowest BCUT2D eigenvalue weighted by Gasteiger charge is -2.32. The van der Waals surface area contributed by atoms with E-state index in [0.717, 1.165) is 16.7 Å². The van der Waals surface area contributed by atoms with E-state index in [1.54, 1.807) is 11.0 Å². The Morgan fingerprint density at radius 1 is 0.889 bits per heavy atom. The molecule has 0 spiro atoms. The van der Waals surface area contributed by atoms with Gasteiger partial charge in [0.25, 0.3) is 0 Å². The molecule has 3 aromatic carbocycles. The van der Waals surface area contributed by atoms with E-state index in [1.165, 1.54) is 11.8 Å². The van der Waals surface area contributed by atoms with Gasteiger partial charge in [0.15, 0.2) is 0 Å². The smallest absolute Gasteiger partial charge is 0.243 e. The summed E-state index contributed by atoms with van der Waals surface area (Å²) in [7, 11) is 0. The maximum absolute atomic E-state index is 13.6. The lowest BCUT2D eigenvalue weighted by Crippen LogP contribution is -2.51. The van der Waals surface area contributed by atoms with Crippen LogP contribution in [0, 0.1) is 5.92 Å². The van der Waals surface area contributed by atoms with Crippen molar-refractivity contribution in [2.45, 2.75) is 38.6 Å². The van der Waals surface area contributed by atoms with Gasteiger partial charge in [0.1, 0.15) is 6.04 Å². The first-order chi connectivity index (χ1) is 17.3. The van der Waals surface area contributed by atoms with Crippen molar-refractivity contribution in [2.75, 3.05) is 12.3 Å². The van der Waals surface area contributed by atoms with Gasteiger partial charge < -0.3 is 10.2 Å². The van der Waals surface area contributed by atoms with E-state index in [1.807, 2.05) is 86.6 Å². The molecule has 0 aliphatic rings. The monoisotopic (exact) mass is 542 g/mol. The fourth-order valence-electron chi connectivity index (χ4n) is 3.71. The highest BCUT2D eigenvalue weighted by molar-refractivity contribution is 7.99. The van der Waals surface area contributed by atoms with Crippen molar-refractivity contribution in [2.24, 2.45) is 5.92 Å². The Morgan fingerprint density at radius 2 is 1.56 bits per heavy atom. The van der Waals surface area contributed by atoms with Crippen LogP contribution in [0.2, 0.25) is 10.0 Å². The van der Waals surface area contributed by atoms with Gasteiger partial charge in [-0.3, -0.25) is 9.59 Å². The summed E-state index contributed by atoms with van der Waals surface area (Å²) >= 11 is 14.0. The summed E-state index contributed by atoms with van der Waals surface area (Å²) in [5, 5.41) is 4.30. The Labute approximate surface area is 228 Å². The second kappa shape index (κ2) is 14.3. The molecule has 0 bridgehead atoms. The van der Waals surface area contributed by atoms with Crippen LogP contribution in [0.3, 0.4) is 0 Å². The third kappa shape index (κ3) is 8.88. The van der Waals surface area contributed by atoms with Gasteiger partial charge in [-0.15, -0.1) is 11.8 Å². The molecular formula is C29H32Cl2N2O2S. The van der Waals surface area contributed by atoms with Gasteiger partial charge in [0, 0.05) is 35.3 Å². The minimum Gasteiger partial charge on any atom is -0.354 e. The topological polar surface area (TPSA) is 49.4 Å². The van der Waals surface area contributed by atoms with Gasteiger partial charge in [-0.1, -0.05) is 97.7 Å². The van der Waals surface area contributed by atoms with Crippen LogP contribution in [-0.4, -0.2) is 35.1 Å². The molecule has 0 radical (unpaired) electrons. The summed E-state index contributed by atoms with van der Waals surface area (Å²) in [6.07, 6.45) is 0.419. The molecule has 0 unspecified atom stereocenters. The Balaban J connectivity index is 1.84. The SMILES string of the molecule is CC(C)CNC(=O)[C@@H](Cc1ccccc1)N(Cc1ccccc1Cl)C(=O)CSCc1ccc(Cl)cc1. The van der Waals surface area contributed by atoms with Crippen LogP contribution in [0.4, 0.5) is 0 Å². The van der Waals surface area contributed by atoms with Crippen LogP contribution < -0.4 is 5.32 Å². The number of hydrogen-bond acceptors (Lipinski definition) is 3. The molecule has 4 nitrogen and oxygen atoms in total. The molecule has 0 aliphatic heterocycles. The van der Waals surface area contributed by atoms with Crippen LogP contribution >= 0.6 is 35.0 Å². The summed E-state index contributed by atoms with van der Waals surface area (Å²) < 4.78 is 0. The van der Waals surface area contributed by atoms with E-state index in [4.69, 9.17) is 23.2 Å². The van der Waals surface area contributed by atoms with Crippen molar-refractivity contribution in [3.63, 3.8) is 0 Å². The van der Waals surface area contributed by atoms with Crippen LogP contribution in [0.5, 0.6) is 0 Å². The van der Waals surface area contributed by atoms with Gasteiger partial charge in [-0.05, 0) is 40.8 Å². The third-order valence-corrected chi connectivity index (χ3v) is 7.27. The molecule has 7 heteroatoms. The van der Waals surface area contributed by atoms with Crippen molar-refractivity contribution >= 4 is 46.8 Å². The number of rotatable bonds is 12. The molecule has 0 fully saturated rings. The molecule has 0 heterocycles. The highest BCUT2D eigenvalue weighted by Crippen LogP contribution is 2.22. The molecule has 1 N–H and O–H groups in total. The maximum atomic E-state index is 13.6. The molecule has 190 valence electrons. The maximum Gasteiger partial charge on any atom is 0.243 e. The number of amides is 2. The van der Waals surface area contributed by atoms with E-state index >= 15 is 0 Å². The first kappa shape index (κ1) is 28.1. The van der Waals surface area contributed by atoms with Crippen LogP contribution in [0.15, 0.2) is 78.9 Å². The minimum absolute atomic E-state index is 0.102. The summed E-state index contributed by atoms with van der Waals surface area (Å²) in [6.45, 7) is 4.90. The average molecular weight is 544 g/mol. The zero-order valence-electron chi connectivity index (χ0n) is 20.6. The first-order valence-electron chi connectivity index (χ1n) is 12.0. The summed E-state index contributed by atoms with van der Waals surface area (Å²) in [5.41, 5.74) is 2.89. The molecule has 0 aromatic heterocycles. The summed E-state index contributed by atoms with van der Waals surface area (Å²) in [6, 6.07) is 24.2. The lowest BCUT2D eigenvalue weighted by atomic mass is 10.0. The fourth-order valence-corrected chi connectivity index (χ4v) is 4.90. The summed E-state index contributed by atoms with van der Waals surface area (Å²) in [5.74, 6) is 0.959. The van der Waals surface area contributed by atoms with E-state index in [-0.39, 0.29) is 24.1 Å². The average Bonchev–Trinajstić information content (AvgIpc) is 2.87. The second-order valence-electron chi connectivity index (χ2n) is 9.08. The number of hydrogen-bond donors (Lipinski definition) is 1. The molecule has 1 atom stereocenters. The first-order valence-corrected chi connectivity index (χ1v) is 13.9. The second-order valence-corrected chi connectivity index (χ2v) is 10.9. The fraction of sp³-hybridized carbons (Fsp3) is 0.310. The Morgan fingerprint density at radius 3 is 2.22 bits per heavy atom. The van der Waals surface area contributed by atoms with Crippen LogP contribution in [0.1, 0.15) is 30.5 Å². The molecule has 3 aromatic rings. The van der Waals surface area contributed by atoms with Gasteiger partial charge in [-0.25, -0.2) is 0 Å². The van der Waals surface area contributed by atoms with E-state index in [9.17, 15) is 9.59 Å². The predicted molar refractivity (Wildman–Crippen MR) is 151 cm³/mol. The highest BCUT2D eigenvalue weighted by Gasteiger charge is 2.30. The molecule has 36 heavy (non-hydrogen) atoms. The van der Waals surface area contributed by atoms with Gasteiger partial charge in [-0.2, -0.15) is 0 Å². The Bertz CT molecular complexity index is 1120. The lowest BCUT2D eigenvalue weighted by molar-refractivity contribution is -0.139. The molecule has 0 saturated carbocycles. The van der Waals surface area contributed by atoms with E-state index in [0.29, 0.717) is 34.7 Å². The van der Waals surface area contributed by atoms with Gasteiger partial charge in [0.05, 0.1) is 5.75 Å². The number of carbonyl (C=O) groups excluding carboxylic acids is 2. The normalized spacial score (nSPS) is 11.8. The number of carbonyl (C=O) groups is 2. The molecular weight excluding hydrogens is 511 g/mol. The quantitative estimate of drug-likeness (QED) is 0.279. The number of nitrogens with one attached hydrogen (secondary N) is 1. The third-order valence-electron chi connectivity index (χ3n) is 5.66. The van der Waals surface area contributed by atoms with Crippen molar-refractivity contribution in [1.29, 1.82) is 0 Å². The van der Waals surface area contributed by atoms with Gasteiger partial charge in [0.2, 0.25) is 11.8 Å². The van der Waals surface area contributed by atoms with Crippen molar-refractivity contribution in [3.8, 4) is 0 Å². The molecule has 2 amide bonds. The van der Waals surface area contributed by atoms with Crippen LogP contribution in [-0.2, 0) is 28.3 Å².